The molecule has 0 bridgehead atoms. The molecular weight excluding hydrogens is 364 g/mol. The minimum absolute atomic E-state index is 0.0738. The summed E-state index contributed by atoms with van der Waals surface area (Å²) >= 11 is 5.96. The first-order valence-electron chi connectivity index (χ1n) is 8.99. The molecule has 0 aliphatic rings. The molecule has 6 nitrogen and oxygen atoms in total. The molecule has 2 aromatic heterocycles. The average molecular weight is 387 g/mol. The van der Waals surface area contributed by atoms with Gasteiger partial charge in [0.25, 0.3) is 5.56 Å². The number of nitrogens with one attached hydrogen (secondary N) is 1. The van der Waals surface area contributed by atoms with E-state index in [0.29, 0.717) is 23.5 Å². The lowest BCUT2D eigenvalue weighted by atomic mass is 10.2. The monoisotopic (exact) mass is 386 g/mol. The van der Waals surface area contributed by atoms with Gasteiger partial charge in [-0.25, -0.2) is 4.68 Å². The first-order valence-corrected chi connectivity index (χ1v) is 9.36. The molecule has 2 heterocycles. The van der Waals surface area contributed by atoms with E-state index in [9.17, 15) is 9.59 Å². The second kappa shape index (κ2) is 7.96. The summed E-state index contributed by atoms with van der Waals surface area (Å²) in [6.07, 6.45) is 2.52. The summed E-state index contributed by atoms with van der Waals surface area (Å²) < 4.78 is 3.32. The number of aromatic nitrogens is 3. The van der Waals surface area contributed by atoms with Crippen LogP contribution in [-0.2, 0) is 17.9 Å². The van der Waals surface area contributed by atoms with Crippen molar-refractivity contribution in [1.82, 2.24) is 19.7 Å². The first kappa shape index (κ1) is 19.2. The second-order valence-corrected chi connectivity index (χ2v) is 7.07. The van der Waals surface area contributed by atoms with E-state index in [1.807, 2.05) is 45.0 Å². The zero-order valence-corrected chi connectivity index (χ0v) is 16.5. The number of fused-ring (bicyclic) bond motifs is 1. The lowest BCUT2D eigenvalue weighted by Crippen LogP contribution is -2.34. The summed E-state index contributed by atoms with van der Waals surface area (Å²) in [6.45, 7) is 7.03. The summed E-state index contributed by atoms with van der Waals surface area (Å²) in [6, 6.07) is 7.66. The topological polar surface area (TPSA) is 68.9 Å². The maximum Gasteiger partial charge on any atom is 0.276 e. The van der Waals surface area contributed by atoms with Crippen LogP contribution in [0.3, 0.4) is 0 Å². The van der Waals surface area contributed by atoms with Gasteiger partial charge in [-0.05, 0) is 38.0 Å². The van der Waals surface area contributed by atoms with Gasteiger partial charge in [-0.1, -0.05) is 30.7 Å². The molecule has 0 spiro atoms. The van der Waals surface area contributed by atoms with Crippen molar-refractivity contribution in [2.75, 3.05) is 6.54 Å². The highest BCUT2D eigenvalue weighted by Gasteiger charge is 2.17. The van der Waals surface area contributed by atoms with Crippen LogP contribution in [0.1, 0.15) is 30.3 Å². The number of amides is 1. The largest absolute Gasteiger partial charge is 0.355 e. The van der Waals surface area contributed by atoms with Crippen LogP contribution in [0.4, 0.5) is 0 Å². The third-order valence-corrected chi connectivity index (χ3v) is 4.98. The Kier molecular flexibility index (Phi) is 5.65. The quantitative estimate of drug-likeness (QED) is 0.707. The molecule has 1 aromatic carbocycles. The van der Waals surface area contributed by atoms with E-state index in [0.717, 1.165) is 28.8 Å². The zero-order valence-electron chi connectivity index (χ0n) is 15.8. The van der Waals surface area contributed by atoms with Gasteiger partial charge < -0.3 is 9.88 Å². The van der Waals surface area contributed by atoms with Gasteiger partial charge in [0.1, 0.15) is 6.54 Å². The van der Waals surface area contributed by atoms with E-state index < -0.39 is 0 Å². The van der Waals surface area contributed by atoms with Crippen LogP contribution < -0.4 is 10.9 Å². The van der Waals surface area contributed by atoms with Crippen LogP contribution in [0, 0.1) is 13.8 Å². The summed E-state index contributed by atoms with van der Waals surface area (Å²) in [5, 5.41) is 9.09. The molecule has 1 amide bonds. The summed E-state index contributed by atoms with van der Waals surface area (Å²) in [7, 11) is 0. The molecule has 0 fully saturated rings. The maximum atomic E-state index is 12.9. The number of hydrogen-bond donors (Lipinski definition) is 1. The predicted molar refractivity (Wildman–Crippen MR) is 107 cm³/mol. The molecule has 7 heteroatoms. The molecule has 3 aromatic rings. The van der Waals surface area contributed by atoms with E-state index in [2.05, 4.69) is 15.0 Å². The van der Waals surface area contributed by atoms with Crippen molar-refractivity contribution in [3.63, 3.8) is 0 Å². The molecule has 0 aliphatic heterocycles. The van der Waals surface area contributed by atoms with Gasteiger partial charge in [-0.3, -0.25) is 9.59 Å². The zero-order chi connectivity index (χ0) is 19.6. The van der Waals surface area contributed by atoms with E-state index in [-0.39, 0.29) is 18.0 Å². The minimum atomic E-state index is -0.241. The molecule has 0 saturated heterocycles. The van der Waals surface area contributed by atoms with Crippen LogP contribution in [0.15, 0.2) is 35.3 Å². The lowest BCUT2D eigenvalue weighted by molar-refractivity contribution is -0.121. The van der Waals surface area contributed by atoms with Crippen molar-refractivity contribution >= 4 is 28.3 Å². The Balaban J connectivity index is 1.98. The fourth-order valence-corrected chi connectivity index (χ4v) is 3.35. The molecule has 1 N–H and O–H groups in total. The predicted octanol–water partition coefficient (Wildman–Crippen LogP) is 3.04. The number of rotatable bonds is 6. The molecule has 0 aliphatic carbocycles. The highest BCUT2D eigenvalue weighted by atomic mass is 35.5. The highest BCUT2D eigenvalue weighted by molar-refractivity contribution is 6.30. The van der Waals surface area contributed by atoms with E-state index >= 15 is 0 Å². The van der Waals surface area contributed by atoms with Gasteiger partial charge in [0.05, 0.1) is 11.6 Å². The lowest BCUT2D eigenvalue weighted by Gasteiger charge is -2.09. The van der Waals surface area contributed by atoms with Crippen molar-refractivity contribution in [2.45, 2.75) is 40.3 Å². The van der Waals surface area contributed by atoms with Crippen molar-refractivity contribution in [3.8, 4) is 0 Å². The molecular formula is C20H23ClN4O2. The summed E-state index contributed by atoms with van der Waals surface area (Å²) in [5.74, 6) is -0.208. The number of carbonyl (C=O) groups excluding carboxylic acids is 1. The normalized spacial score (nSPS) is 11.1. The van der Waals surface area contributed by atoms with Crippen molar-refractivity contribution in [3.05, 3.63) is 62.8 Å². The van der Waals surface area contributed by atoms with Crippen LogP contribution in [0.2, 0.25) is 5.02 Å². The smallest absolute Gasteiger partial charge is 0.276 e. The van der Waals surface area contributed by atoms with E-state index in [1.54, 1.807) is 6.20 Å². The number of nitrogens with zero attached hydrogens (tertiary/aromatic N) is 3. The first-order chi connectivity index (χ1) is 12.9. The van der Waals surface area contributed by atoms with Crippen LogP contribution >= 0.6 is 11.6 Å². The average Bonchev–Trinajstić information content (AvgIpc) is 2.89. The van der Waals surface area contributed by atoms with Crippen LogP contribution in [-0.4, -0.2) is 26.8 Å². The van der Waals surface area contributed by atoms with Crippen molar-refractivity contribution < 1.29 is 4.79 Å². The maximum absolute atomic E-state index is 12.9. The van der Waals surface area contributed by atoms with Crippen LogP contribution in [0.25, 0.3) is 10.8 Å². The van der Waals surface area contributed by atoms with Gasteiger partial charge >= 0.3 is 0 Å². The Labute approximate surface area is 162 Å². The summed E-state index contributed by atoms with van der Waals surface area (Å²) in [4.78, 5) is 24.9. The molecule has 0 saturated carbocycles. The van der Waals surface area contributed by atoms with E-state index in [4.69, 9.17) is 11.6 Å². The van der Waals surface area contributed by atoms with Gasteiger partial charge in [0.2, 0.25) is 5.91 Å². The Bertz CT molecular complexity index is 1030. The number of halogens is 1. The summed E-state index contributed by atoms with van der Waals surface area (Å²) in [5.41, 5.74) is 2.70. The molecule has 0 atom stereocenters. The molecule has 0 unspecified atom stereocenters. The molecule has 27 heavy (non-hydrogen) atoms. The number of carbonyl (C=O) groups is 1. The van der Waals surface area contributed by atoms with Crippen LogP contribution in [0.5, 0.6) is 0 Å². The second-order valence-electron chi connectivity index (χ2n) is 6.63. The standard InChI is InChI=1S/C20H23ClN4O2/c1-4-9-22-18(26)12-25-20(27)19-14(3)24(13(2)17(19)10-23-25)11-15-5-7-16(21)8-6-15/h5-8,10H,4,9,11-12H2,1-3H3,(H,22,26). The van der Waals surface area contributed by atoms with Gasteiger partial charge in [-0.2, -0.15) is 5.10 Å². The Morgan fingerprint density at radius 1 is 1.19 bits per heavy atom. The number of benzene rings is 1. The van der Waals surface area contributed by atoms with Gasteiger partial charge in [-0.15, -0.1) is 0 Å². The third-order valence-electron chi connectivity index (χ3n) is 4.72. The van der Waals surface area contributed by atoms with E-state index in [1.165, 1.54) is 4.68 Å². The van der Waals surface area contributed by atoms with Crippen molar-refractivity contribution in [2.24, 2.45) is 0 Å². The highest BCUT2D eigenvalue weighted by Crippen LogP contribution is 2.23. The van der Waals surface area contributed by atoms with Gasteiger partial charge in [0.15, 0.2) is 0 Å². The van der Waals surface area contributed by atoms with Crippen molar-refractivity contribution in [1.29, 1.82) is 0 Å². The SMILES string of the molecule is CCCNC(=O)Cn1ncc2c(C)n(Cc3ccc(Cl)cc3)c(C)c2c1=O. The molecule has 3 rings (SSSR count). The number of hydrogen-bond acceptors (Lipinski definition) is 3. The molecule has 142 valence electrons. The minimum Gasteiger partial charge on any atom is -0.355 e. The Morgan fingerprint density at radius 2 is 1.89 bits per heavy atom. The Morgan fingerprint density at radius 3 is 2.56 bits per heavy atom. The fourth-order valence-electron chi connectivity index (χ4n) is 3.22. The molecule has 0 radical (unpaired) electrons. The fraction of sp³-hybridized carbons (Fsp3) is 0.350. The van der Waals surface area contributed by atoms with Gasteiger partial charge in [0, 0.05) is 34.9 Å². The Hall–Kier alpha value is -2.60. The number of aryl methyl sites for hydroxylation is 2. The third kappa shape index (κ3) is 3.90.